The molecule has 0 atom stereocenters. The number of aliphatic hydroxyl groups is 1. The Hall–Kier alpha value is -1.48. The zero-order valence-electron chi connectivity index (χ0n) is 16.4. The second-order valence-corrected chi connectivity index (χ2v) is 7.12. The van der Waals surface area contributed by atoms with E-state index in [1.807, 2.05) is 12.4 Å². The van der Waals surface area contributed by atoms with Gasteiger partial charge in [0.05, 0.1) is 19.7 Å². The third-order valence-corrected chi connectivity index (χ3v) is 5.20. The van der Waals surface area contributed by atoms with Crippen molar-refractivity contribution >= 4 is 0 Å². The van der Waals surface area contributed by atoms with E-state index in [2.05, 4.69) is 45.9 Å². The summed E-state index contributed by atoms with van der Waals surface area (Å²) in [6.45, 7) is 8.66. The highest BCUT2D eigenvalue weighted by Crippen LogP contribution is 2.27. The van der Waals surface area contributed by atoms with Crippen LogP contribution in [0.4, 0.5) is 0 Å². The lowest BCUT2D eigenvalue weighted by atomic mass is 9.82. The number of rotatable bonds is 9. The van der Waals surface area contributed by atoms with Crippen LogP contribution in [0.3, 0.4) is 0 Å². The number of aliphatic hydroxyl groups excluding tert-OH is 1. The van der Waals surface area contributed by atoms with Gasteiger partial charge in [-0.25, -0.2) is 9.97 Å². The second kappa shape index (κ2) is 12.0. The maximum Gasteiger partial charge on any atom is 0.141 e. The summed E-state index contributed by atoms with van der Waals surface area (Å²) in [6, 6.07) is 0. The maximum absolute atomic E-state index is 9.01. The van der Waals surface area contributed by atoms with Crippen LogP contribution >= 0.6 is 0 Å². The van der Waals surface area contributed by atoms with Crippen molar-refractivity contribution in [2.75, 3.05) is 32.8 Å². The van der Waals surface area contributed by atoms with Crippen molar-refractivity contribution in [1.29, 1.82) is 0 Å². The molecule has 1 aromatic heterocycles. The van der Waals surface area contributed by atoms with Gasteiger partial charge in [-0.2, -0.15) is 0 Å². The van der Waals surface area contributed by atoms with Crippen LogP contribution in [-0.4, -0.2) is 52.8 Å². The average molecular weight is 359 g/mol. The van der Waals surface area contributed by atoms with E-state index in [-0.39, 0.29) is 6.61 Å². The normalized spacial score (nSPS) is 20.0. The molecule has 0 unspecified atom stereocenters. The van der Waals surface area contributed by atoms with E-state index in [0.717, 1.165) is 44.3 Å². The van der Waals surface area contributed by atoms with Gasteiger partial charge in [0.15, 0.2) is 0 Å². The van der Waals surface area contributed by atoms with E-state index in [1.54, 1.807) is 0 Å². The predicted octanol–water partition coefficient (Wildman–Crippen LogP) is 2.25. The zero-order valence-corrected chi connectivity index (χ0v) is 16.4. The number of nitrogens with zero attached hydrogens (tertiary/aromatic N) is 3. The largest absolute Gasteiger partial charge is 0.395 e. The van der Waals surface area contributed by atoms with Gasteiger partial charge in [-0.15, -0.1) is 0 Å². The highest BCUT2D eigenvalue weighted by molar-refractivity contribution is 5.07. The Bertz CT molecular complexity index is 556. The van der Waals surface area contributed by atoms with Gasteiger partial charge in [-0.3, -0.25) is 4.90 Å². The highest BCUT2D eigenvalue weighted by Gasteiger charge is 2.19. The molecule has 0 spiro atoms. The molecule has 1 saturated carbocycles. The molecule has 26 heavy (non-hydrogen) atoms. The molecule has 144 valence electrons. The van der Waals surface area contributed by atoms with E-state index < -0.39 is 0 Å². The number of aryl methyl sites for hydroxylation is 1. The lowest BCUT2D eigenvalue weighted by molar-refractivity contribution is 0.216. The van der Waals surface area contributed by atoms with Crippen LogP contribution in [0.2, 0.25) is 0 Å². The van der Waals surface area contributed by atoms with E-state index in [4.69, 9.17) is 5.11 Å². The zero-order chi connectivity index (χ0) is 18.6. The van der Waals surface area contributed by atoms with E-state index in [9.17, 15) is 0 Å². The molecule has 0 amide bonds. The smallest absolute Gasteiger partial charge is 0.141 e. The van der Waals surface area contributed by atoms with Crippen molar-refractivity contribution in [1.82, 2.24) is 20.2 Å². The minimum Gasteiger partial charge on any atom is -0.395 e. The van der Waals surface area contributed by atoms with Crippen LogP contribution in [0, 0.1) is 23.7 Å². The van der Waals surface area contributed by atoms with Crippen molar-refractivity contribution in [3.05, 3.63) is 23.8 Å². The molecule has 5 heteroatoms. The average Bonchev–Trinajstić information content (AvgIpc) is 2.69. The first-order valence-corrected chi connectivity index (χ1v) is 10.1. The summed E-state index contributed by atoms with van der Waals surface area (Å²) in [5.41, 5.74) is 1.19. The molecule has 1 fully saturated rings. The monoisotopic (exact) mass is 358 g/mol. The van der Waals surface area contributed by atoms with Gasteiger partial charge in [0, 0.05) is 24.9 Å². The molecule has 0 radical (unpaired) electrons. The lowest BCUT2D eigenvalue weighted by Crippen LogP contribution is -2.27. The molecule has 1 aliphatic rings. The summed E-state index contributed by atoms with van der Waals surface area (Å²) in [5.74, 6) is 8.92. The summed E-state index contributed by atoms with van der Waals surface area (Å²) in [7, 11) is 0. The third-order valence-electron chi connectivity index (χ3n) is 5.20. The first-order chi connectivity index (χ1) is 12.7. The molecule has 5 nitrogen and oxygen atoms in total. The predicted molar refractivity (Wildman–Crippen MR) is 106 cm³/mol. The fourth-order valence-electron chi connectivity index (χ4n) is 3.35. The van der Waals surface area contributed by atoms with Crippen LogP contribution in [0.15, 0.2) is 12.4 Å². The van der Waals surface area contributed by atoms with Gasteiger partial charge in [-0.05, 0) is 56.7 Å². The first-order valence-electron chi connectivity index (χ1n) is 10.1. The Morgan fingerprint density at radius 3 is 2.54 bits per heavy atom. The van der Waals surface area contributed by atoms with Crippen molar-refractivity contribution in [3.8, 4) is 11.8 Å². The topological polar surface area (TPSA) is 61.3 Å². The number of aromatic nitrogens is 2. The van der Waals surface area contributed by atoms with Gasteiger partial charge in [0.1, 0.15) is 5.82 Å². The second-order valence-electron chi connectivity index (χ2n) is 7.12. The van der Waals surface area contributed by atoms with Crippen LogP contribution in [0.5, 0.6) is 0 Å². The summed E-state index contributed by atoms with van der Waals surface area (Å²) in [6.07, 6.45) is 9.73. The van der Waals surface area contributed by atoms with E-state index in [0.29, 0.717) is 12.5 Å². The number of hydrogen-bond acceptors (Lipinski definition) is 5. The lowest BCUT2D eigenvalue weighted by Gasteiger charge is -2.26. The molecule has 2 N–H and O–H groups in total. The number of likely N-dealkylation sites (N-methyl/N-ethyl adjacent to an activating group) is 1. The van der Waals surface area contributed by atoms with Crippen molar-refractivity contribution < 1.29 is 5.11 Å². The van der Waals surface area contributed by atoms with Crippen molar-refractivity contribution in [3.63, 3.8) is 0 Å². The van der Waals surface area contributed by atoms with E-state index in [1.165, 1.54) is 31.2 Å². The molecule has 0 bridgehead atoms. The van der Waals surface area contributed by atoms with Gasteiger partial charge >= 0.3 is 0 Å². The Labute approximate surface area is 158 Å². The first kappa shape index (κ1) is 20.8. The van der Waals surface area contributed by atoms with Gasteiger partial charge < -0.3 is 10.4 Å². The van der Waals surface area contributed by atoms with Crippen molar-refractivity contribution in [2.24, 2.45) is 11.8 Å². The number of hydrogen-bond donors (Lipinski definition) is 2. The fourth-order valence-corrected chi connectivity index (χ4v) is 3.35. The number of nitrogens with one attached hydrogen (secondary N) is 1. The Morgan fingerprint density at radius 1 is 1.19 bits per heavy atom. The molecular formula is C21H34N4O. The van der Waals surface area contributed by atoms with Gasteiger partial charge in [0.2, 0.25) is 0 Å². The maximum atomic E-state index is 9.01. The molecule has 0 aromatic carbocycles. The third kappa shape index (κ3) is 7.41. The summed E-state index contributed by atoms with van der Waals surface area (Å²) in [4.78, 5) is 11.0. The molecule has 1 aliphatic carbocycles. The molecule has 2 rings (SSSR count). The minimum atomic E-state index is 0.210. The Morgan fingerprint density at radius 2 is 1.92 bits per heavy atom. The Balaban J connectivity index is 1.62. The standard InChI is InChI=1S/C21H34N4O/c1-3-18-15-23-21(24-16-18)17-22-14-20-9-7-19(8-10-20)6-5-11-25(4-2)12-13-26/h15-16,19-20,22,26H,3-4,7-14,17H2,1-2H3. The molecule has 0 saturated heterocycles. The van der Waals surface area contributed by atoms with Crippen molar-refractivity contribution in [2.45, 2.75) is 52.5 Å². The molecule has 0 aliphatic heterocycles. The van der Waals surface area contributed by atoms with Crippen LogP contribution in [0.25, 0.3) is 0 Å². The summed E-state index contributed by atoms with van der Waals surface area (Å²) >= 11 is 0. The SMILES string of the molecule is CCc1cnc(CNCC2CCC(C#CCN(CC)CCO)CC2)nc1. The molecular weight excluding hydrogens is 324 g/mol. The highest BCUT2D eigenvalue weighted by atomic mass is 16.3. The van der Waals surface area contributed by atoms with Gasteiger partial charge in [0.25, 0.3) is 0 Å². The van der Waals surface area contributed by atoms with Crippen LogP contribution in [0.1, 0.15) is 50.9 Å². The Kier molecular flexibility index (Phi) is 9.62. The van der Waals surface area contributed by atoms with E-state index >= 15 is 0 Å². The summed E-state index contributed by atoms with van der Waals surface area (Å²) in [5, 5.41) is 12.5. The summed E-state index contributed by atoms with van der Waals surface area (Å²) < 4.78 is 0. The van der Waals surface area contributed by atoms with Gasteiger partial charge in [-0.1, -0.05) is 25.7 Å². The molecule has 1 aromatic rings. The quantitative estimate of drug-likeness (QED) is 0.663. The van der Waals surface area contributed by atoms with Crippen LogP contribution < -0.4 is 5.32 Å². The minimum absolute atomic E-state index is 0.210. The van der Waals surface area contributed by atoms with Crippen LogP contribution in [-0.2, 0) is 13.0 Å². The fraction of sp³-hybridized carbons (Fsp3) is 0.714. The molecule has 1 heterocycles.